The predicted octanol–water partition coefficient (Wildman–Crippen LogP) is 4.74. The maximum Gasteiger partial charge on any atom is 0.140 e. The van der Waals surface area contributed by atoms with Crippen molar-refractivity contribution in [1.29, 1.82) is 0 Å². The van der Waals surface area contributed by atoms with Gasteiger partial charge in [0.05, 0.1) is 7.11 Å². The molecule has 0 saturated heterocycles. The van der Waals surface area contributed by atoms with E-state index in [0.29, 0.717) is 5.75 Å². The van der Waals surface area contributed by atoms with Crippen LogP contribution in [-0.2, 0) is 4.57 Å². The zero-order chi connectivity index (χ0) is 17.9. The van der Waals surface area contributed by atoms with Gasteiger partial charge in [0, 0.05) is 10.6 Å². The van der Waals surface area contributed by atoms with Crippen LogP contribution in [0.4, 0.5) is 0 Å². The summed E-state index contributed by atoms with van der Waals surface area (Å²) in [6, 6.07) is 22.7. The van der Waals surface area contributed by atoms with E-state index in [4.69, 9.17) is 9.47 Å². The predicted molar refractivity (Wildman–Crippen MR) is 103 cm³/mol. The first-order chi connectivity index (χ1) is 12.0. The number of rotatable bonds is 5. The third-order valence-corrected chi connectivity index (χ3v) is 6.72. The summed E-state index contributed by atoms with van der Waals surface area (Å²) in [4.78, 5) is 0. The molecular weight excluding hydrogens is 331 g/mol. The number of benzene rings is 3. The fraction of sp³-hybridized carbons (Fsp3) is 0.143. The topological polar surface area (TPSA) is 35.5 Å². The van der Waals surface area contributed by atoms with Gasteiger partial charge in [0.15, 0.2) is 0 Å². The average molecular weight is 352 g/mol. The quantitative estimate of drug-likeness (QED) is 0.622. The highest BCUT2D eigenvalue weighted by molar-refractivity contribution is 7.78. The lowest BCUT2D eigenvalue weighted by Gasteiger charge is -2.15. The van der Waals surface area contributed by atoms with E-state index in [9.17, 15) is 4.57 Å². The molecule has 4 heteroatoms. The van der Waals surface area contributed by atoms with E-state index >= 15 is 0 Å². The Balaban J connectivity index is 1.79. The van der Waals surface area contributed by atoms with Crippen LogP contribution in [-0.4, -0.2) is 13.8 Å². The summed E-state index contributed by atoms with van der Waals surface area (Å²) in [5.74, 6) is 2.22. The normalized spacial score (nSPS) is 13.1. The highest BCUT2D eigenvalue weighted by Crippen LogP contribution is 2.39. The summed E-state index contributed by atoms with van der Waals surface area (Å²) in [7, 11) is -0.972. The summed E-state index contributed by atoms with van der Waals surface area (Å²) >= 11 is 0. The van der Waals surface area contributed by atoms with E-state index in [-0.39, 0.29) is 0 Å². The molecule has 0 aromatic heterocycles. The summed E-state index contributed by atoms with van der Waals surface area (Å²) < 4.78 is 24.2. The molecular formula is C21H21O3P. The molecule has 3 aromatic carbocycles. The van der Waals surface area contributed by atoms with Gasteiger partial charge in [0.25, 0.3) is 0 Å². The van der Waals surface area contributed by atoms with Crippen LogP contribution in [0.2, 0.25) is 0 Å². The van der Waals surface area contributed by atoms with Crippen molar-refractivity contribution in [1.82, 2.24) is 0 Å². The lowest BCUT2D eigenvalue weighted by atomic mass is 10.2. The number of ether oxygens (including phenoxy) is 2. The molecule has 0 spiro atoms. The molecule has 0 saturated carbocycles. The molecule has 0 radical (unpaired) electrons. The molecule has 0 aliphatic heterocycles. The largest absolute Gasteiger partial charge is 0.497 e. The highest BCUT2D eigenvalue weighted by Gasteiger charge is 2.20. The van der Waals surface area contributed by atoms with Crippen LogP contribution in [0.15, 0.2) is 72.8 Å². The fourth-order valence-electron chi connectivity index (χ4n) is 2.56. The Bertz CT molecular complexity index is 882. The van der Waals surface area contributed by atoms with Gasteiger partial charge in [-0.25, -0.2) is 0 Å². The molecule has 25 heavy (non-hydrogen) atoms. The molecule has 0 aliphatic rings. The summed E-state index contributed by atoms with van der Waals surface area (Å²) in [5, 5.41) is 1.68. The Hall–Kier alpha value is -2.51. The Morgan fingerprint density at radius 3 is 1.56 bits per heavy atom. The van der Waals surface area contributed by atoms with E-state index in [1.165, 1.54) is 0 Å². The van der Waals surface area contributed by atoms with Gasteiger partial charge in [-0.15, -0.1) is 0 Å². The second-order valence-electron chi connectivity index (χ2n) is 6.03. The van der Waals surface area contributed by atoms with E-state index in [0.717, 1.165) is 27.7 Å². The molecule has 1 atom stereocenters. The SMILES string of the molecule is COc1ccc(Oc2ccc(P(C)(=O)c3ccc(C)cc3)cc2)cc1. The molecule has 0 aliphatic carbocycles. The van der Waals surface area contributed by atoms with Crippen LogP contribution in [0.25, 0.3) is 0 Å². The van der Waals surface area contributed by atoms with Gasteiger partial charge in [0.2, 0.25) is 0 Å². The van der Waals surface area contributed by atoms with Crippen molar-refractivity contribution < 1.29 is 14.0 Å². The highest BCUT2D eigenvalue weighted by atomic mass is 31.2. The molecule has 1 unspecified atom stereocenters. The maximum atomic E-state index is 13.2. The minimum atomic E-state index is -2.60. The third-order valence-electron chi connectivity index (χ3n) is 4.15. The van der Waals surface area contributed by atoms with Gasteiger partial charge in [-0.3, -0.25) is 0 Å². The van der Waals surface area contributed by atoms with E-state index in [1.807, 2.05) is 79.7 Å². The Morgan fingerprint density at radius 1 is 0.680 bits per heavy atom. The standard InChI is InChI=1S/C21H21O3P/c1-16-4-12-20(13-5-16)25(3,22)21-14-10-19(11-15-21)24-18-8-6-17(23-2)7-9-18/h4-15H,1-3H3. The van der Waals surface area contributed by atoms with Gasteiger partial charge in [-0.2, -0.15) is 0 Å². The van der Waals surface area contributed by atoms with Gasteiger partial charge in [0.1, 0.15) is 24.4 Å². The van der Waals surface area contributed by atoms with Crippen molar-refractivity contribution in [3.63, 3.8) is 0 Å². The minimum absolute atomic E-state index is 0.706. The Kier molecular flexibility index (Phi) is 4.96. The van der Waals surface area contributed by atoms with Gasteiger partial charge < -0.3 is 14.0 Å². The van der Waals surface area contributed by atoms with Crippen LogP contribution in [0.3, 0.4) is 0 Å². The first kappa shape index (κ1) is 17.3. The summed E-state index contributed by atoms with van der Waals surface area (Å²) in [5.41, 5.74) is 1.16. The van der Waals surface area contributed by atoms with Gasteiger partial charge >= 0.3 is 0 Å². The first-order valence-corrected chi connectivity index (χ1v) is 10.2. The smallest absolute Gasteiger partial charge is 0.140 e. The zero-order valence-corrected chi connectivity index (χ0v) is 15.5. The van der Waals surface area contributed by atoms with Crippen LogP contribution >= 0.6 is 7.14 Å². The van der Waals surface area contributed by atoms with Crippen LogP contribution < -0.4 is 20.1 Å². The number of hydrogen-bond acceptors (Lipinski definition) is 3. The van der Waals surface area contributed by atoms with Gasteiger partial charge in [-0.1, -0.05) is 29.8 Å². The summed E-state index contributed by atoms with van der Waals surface area (Å²) in [6.45, 7) is 3.83. The second kappa shape index (κ2) is 7.16. The monoisotopic (exact) mass is 352 g/mol. The number of hydrogen-bond donors (Lipinski definition) is 0. The molecule has 0 bridgehead atoms. The van der Waals surface area contributed by atoms with Crippen molar-refractivity contribution in [2.24, 2.45) is 0 Å². The fourth-order valence-corrected chi connectivity index (χ4v) is 4.29. The molecule has 3 nitrogen and oxygen atoms in total. The van der Waals surface area contributed by atoms with E-state index < -0.39 is 7.14 Å². The lowest BCUT2D eigenvalue weighted by Crippen LogP contribution is -2.14. The van der Waals surface area contributed by atoms with Crippen LogP contribution in [0, 0.1) is 6.92 Å². The Morgan fingerprint density at radius 2 is 1.08 bits per heavy atom. The number of aryl methyl sites for hydroxylation is 1. The van der Waals surface area contributed by atoms with Crippen molar-refractivity contribution in [3.05, 3.63) is 78.4 Å². The molecule has 0 heterocycles. The first-order valence-electron chi connectivity index (χ1n) is 8.06. The van der Waals surface area contributed by atoms with Crippen molar-refractivity contribution in [2.45, 2.75) is 6.92 Å². The van der Waals surface area contributed by atoms with E-state index in [2.05, 4.69) is 0 Å². The van der Waals surface area contributed by atoms with E-state index in [1.54, 1.807) is 13.8 Å². The van der Waals surface area contributed by atoms with Crippen molar-refractivity contribution in [3.8, 4) is 17.2 Å². The molecule has 3 rings (SSSR count). The molecule has 0 N–H and O–H groups in total. The second-order valence-corrected chi connectivity index (χ2v) is 8.91. The Labute approximate surface area is 148 Å². The van der Waals surface area contributed by atoms with Crippen LogP contribution in [0.5, 0.6) is 17.2 Å². The molecule has 0 amide bonds. The third kappa shape index (κ3) is 3.94. The molecule has 3 aromatic rings. The van der Waals surface area contributed by atoms with Crippen molar-refractivity contribution >= 4 is 17.8 Å². The molecule has 0 fully saturated rings. The minimum Gasteiger partial charge on any atom is -0.497 e. The van der Waals surface area contributed by atoms with Gasteiger partial charge in [-0.05, 0) is 62.1 Å². The molecule has 128 valence electrons. The van der Waals surface area contributed by atoms with Crippen molar-refractivity contribution in [2.75, 3.05) is 13.8 Å². The van der Waals surface area contributed by atoms with Crippen LogP contribution in [0.1, 0.15) is 5.56 Å². The maximum absolute atomic E-state index is 13.2. The lowest BCUT2D eigenvalue weighted by molar-refractivity contribution is 0.413. The summed E-state index contributed by atoms with van der Waals surface area (Å²) in [6.07, 6.45) is 0. The zero-order valence-electron chi connectivity index (χ0n) is 14.6. The average Bonchev–Trinajstić information content (AvgIpc) is 2.63. The number of methoxy groups -OCH3 is 1.